The Bertz CT molecular complexity index is 821. The maximum atomic E-state index is 13.2. The third-order valence-corrected chi connectivity index (χ3v) is 5.93. The Morgan fingerprint density at radius 3 is 2.62 bits per heavy atom. The second-order valence-corrected chi connectivity index (χ2v) is 8.22. The summed E-state index contributed by atoms with van der Waals surface area (Å²) in [5.41, 5.74) is 4.57. The number of aliphatic hydroxyl groups is 1. The fourth-order valence-electron chi connectivity index (χ4n) is 4.60. The second kappa shape index (κ2) is 7.60. The molecule has 160 valence electrons. The Hall–Kier alpha value is -2.14. The summed E-state index contributed by atoms with van der Waals surface area (Å²) in [6, 6.07) is 0.243. The van der Waals surface area contributed by atoms with E-state index in [0.717, 1.165) is 0 Å². The quantitative estimate of drug-likeness (QED) is 0.212. The highest BCUT2D eigenvalue weighted by Crippen LogP contribution is 2.55. The number of hydrogen-bond acceptors (Lipinski definition) is 8. The molecule has 10 nitrogen and oxygen atoms in total. The molecular weight excluding hydrogens is 404 g/mol. The van der Waals surface area contributed by atoms with Crippen LogP contribution in [0.25, 0.3) is 0 Å². The van der Waals surface area contributed by atoms with Gasteiger partial charge in [0.25, 0.3) is 0 Å². The van der Waals surface area contributed by atoms with Crippen LogP contribution in [0.5, 0.6) is 0 Å². The number of primary amides is 1. The van der Waals surface area contributed by atoms with Crippen LogP contribution in [-0.2, 0) is 14.3 Å². The van der Waals surface area contributed by atoms with E-state index in [1.165, 1.54) is 0 Å². The summed E-state index contributed by atoms with van der Waals surface area (Å²) < 4.78 is 5.83. The van der Waals surface area contributed by atoms with Crippen molar-refractivity contribution in [3.05, 3.63) is 22.5 Å². The molecule has 3 aliphatic heterocycles. The zero-order valence-corrected chi connectivity index (χ0v) is 17.1. The van der Waals surface area contributed by atoms with Crippen LogP contribution in [0.15, 0.2) is 22.5 Å². The van der Waals surface area contributed by atoms with Gasteiger partial charge in [0.15, 0.2) is 5.72 Å². The predicted octanol–water partition coefficient (Wildman–Crippen LogP) is -0.873. The van der Waals surface area contributed by atoms with Crippen LogP contribution in [0, 0.1) is 5.92 Å². The van der Waals surface area contributed by atoms with Gasteiger partial charge in [0.1, 0.15) is 0 Å². The van der Waals surface area contributed by atoms with E-state index < -0.39 is 17.7 Å². The van der Waals surface area contributed by atoms with Crippen LogP contribution in [0.2, 0.25) is 0 Å². The number of fused-ring (bicyclic) bond motifs is 4. The highest BCUT2D eigenvalue weighted by atomic mass is 35.5. The molecule has 2 fully saturated rings. The minimum absolute atomic E-state index is 0.0143. The Labute approximate surface area is 172 Å². The van der Waals surface area contributed by atoms with Crippen molar-refractivity contribution in [1.82, 2.24) is 15.5 Å². The number of Topliss-reactive ketones (excluding diaryl/α,β-unsaturated/α-hetero) is 2. The van der Waals surface area contributed by atoms with Gasteiger partial charge in [0.2, 0.25) is 11.6 Å². The molecule has 4 rings (SSSR count). The number of nitrogens with zero attached hydrogens (tertiary/aromatic N) is 1. The normalized spacial score (nSPS) is 33.0. The average Bonchev–Trinajstić information content (AvgIpc) is 3.25. The minimum atomic E-state index is -1.33. The summed E-state index contributed by atoms with van der Waals surface area (Å²) in [6.45, 7) is 4.18. The van der Waals surface area contributed by atoms with Crippen LogP contribution in [0.3, 0.4) is 0 Å². The first-order valence-electron chi connectivity index (χ1n) is 9.22. The van der Waals surface area contributed by atoms with Gasteiger partial charge < -0.3 is 36.2 Å². The summed E-state index contributed by atoms with van der Waals surface area (Å²) >= 11 is 5.97. The monoisotopic (exact) mass is 428 g/mol. The third-order valence-electron chi connectivity index (χ3n) is 5.78. The van der Waals surface area contributed by atoms with E-state index in [4.69, 9.17) is 26.2 Å². The van der Waals surface area contributed by atoms with E-state index in [0.29, 0.717) is 29.9 Å². The van der Waals surface area contributed by atoms with E-state index in [1.807, 2.05) is 11.8 Å². The molecule has 0 aromatic carbocycles. The Morgan fingerprint density at radius 2 is 2.10 bits per heavy atom. The lowest BCUT2D eigenvalue weighted by atomic mass is 9.82. The number of allylic oxidation sites excluding steroid dienone is 2. The van der Waals surface area contributed by atoms with E-state index in [1.54, 1.807) is 14.0 Å². The minimum Gasteiger partial charge on any atom is -0.465 e. The van der Waals surface area contributed by atoms with Crippen LogP contribution in [0.4, 0.5) is 4.79 Å². The van der Waals surface area contributed by atoms with Gasteiger partial charge in [-0.1, -0.05) is 0 Å². The molecule has 0 aromatic heterocycles. The molecule has 0 bridgehead atoms. The molecule has 0 radical (unpaired) electrons. The predicted molar refractivity (Wildman–Crippen MR) is 103 cm³/mol. The molecule has 5 unspecified atom stereocenters. The van der Waals surface area contributed by atoms with Crippen molar-refractivity contribution < 1.29 is 29.3 Å². The van der Waals surface area contributed by atoms with Crippen molar-refractivity contribution in [2.24, 2.45) is 11.7 Å². The zero-order valence-electron chi connectivity index (χ0n) is 16.4. The lowest BCUT2D eigenvalue weighted by molar-refractivity contribution is -0.137. The Morgan fingerprint density at radius 1 is 1.48 bits per heavy atom. The number of piperazine rings is 1. The second-order valence-electron chi connectivity index (χ2n) is 7.47. The van der Waals surface area contributed by atoms with Crippen LogP contribution in [-0.4, -0.2) is 82.8 Å². The Balaban J connectivity index is 0.000000552. The van der Waals surface area contributed by atoms with Gasteiger partial charge in [0.05, 0.1) is 30.0 Å². The zero-order chi connectivity index (χ0) is 21.7. The number of alkyl halides is 1. The molecule has 1 aliphatic carbocycles. The highest BCUT2D eigenvalue weighted by molar-refractivity contribution is 6.25. The van der Waals surface area contributed by atoms with Crippen molar-refractivity contribution in [2.45, 2.75) is 37.0 Å². The third kappa shape index (κ3) is 3.20. The average molecular weight is 429 g/mol. The highest BCUT2D eigenvalue weighted by Gasteiger charge is 2.72. The fraction of sp³-hybridized carbons (Fsp3) is 0.611. The summed E-state index contributed by atoms with van der Waals surface area (Å²) in [7, 11) is 1.57. The fourth-order valence-corrected chi connectivity index (χ4v) is 4.68. The van der Waals surface area contributed by atoms with Gasteiger partial charge in [-0.3, -0.25) is 9.59 Å². The molecular formula is C18H25ClN4O6. The van der Waals surface area contributed by atoms with Crippen LogP contribution >= 0.6 is 11.6 Å². The molecule has 1 amide bonds. The number of amides is 1. The molecule has 6 N–H and O–H groups in total. The number of hydrogen-bond donors (Lipinski definition) is 5. The van der Waals surface area contributed by atoms with Gasteiger partial charge in [-0.2, -0.15) is 0 Å². The number of nitrogens with one attached hydrogen (secondary N) is 2. The maximum Gasteiger partial charge on any atom is 0.402 e. The Kier molecular flexibility index (Phi) is 5.65. The van der Waals surface area contributed by atoms with Crippen molar-refractivity contribution in [1.29, 1.82) is 0 Å². The number of ketones is 2. The number of rotatable bonds is 5. The van der Waals surface area contributed by atoms with Crippen molar-refractivity contribution in [3.63, 3.8) is 0 Å². The summed E-state index contributed by atoms with van der Waals surface area (Å²) in [4.78, 5) is 36.9. The first kappa shape index (κ1) is 21.6. The SMILES string of the molecule is COC12C(CO)C3=C(C(=O)C(C)=C(NCC(C)Cl)C3=O)N1CC1NC12.NC(=O)O. The number of halogens is 1. The van der Waals surface area contributed by atoms with Gasteiger partial charge in [-0.15, -0.1) is 11.6 Å². The summed E-state index contributed by atoms with van der Waals surface area (Å²) in [6.07, 6.45) is -1.33. The lowest BCUT2D eigenvalue weighted by Crippen LogP contribution is -2.54. The van der Waals surface area contributed by atoms with Crippen molar-refractivity contribution >= 4 is 29.3 Å². The van der Waals surface area contributed by atoms with Crippen LogP contribution in [0.1, 0.15) is 13.8 Å². The summed E-state index contributed by atoms with van der Waals surface area (Å²) in [5.74, 6) is -0.989. The van der Waals surface area contributed by atoms with E-state index >= 15 is 0 Å². The number of carbonyl (C=O) groups is 3. The number of methoxy groups -OCH3 is 1. The standard InChI is InChI=1S/C17H22ClN3O4.CH3NO2/c1-7(18)4-19-12-8(2)14(23)13-11(15(12)24)9(6-22)17(25-3)16-10(20-16)5-21(13)17;2-1(3)4/h7,9-10,16,19-20,22H,4-6H2,1-3H3;2H2,(H,3,4). The number of aliphatic hydroxyl groups excluding tert-OH is 1. The largest absolute Gasteiger partial charge is 0.465 e. The first-order valence-corrected chi connectivity index (χ1v) is 9.65. The van der Waals surface area contributed by atoms with Crippen molar-refractivity contribution in [3.8, 4) is 0 Å². The van der Waals surface area contributed by atoms with Gasteiger partial charge >= 0.3 is 6.09 Å². The number of carbonyl (C=O) groups excluding carboxylic acids is 2. The first-order chi connectivity index (χ1) is 13.6. The molecule has 0 aromatic rings. The maximum absolute atomic E-state index is 13.2. The molecule has 4 aliphatic rings. The van der Waals surface area contributed by atoms with E-state index in [-0.39, 0.29) is 41.3 Å². The molecule has 11 heteroatoms. The number of ether oxygens (including phenoxy) is 1. The number of nitrogens with two attached hydrogens (primary N) is 1. The number of carboxylic acid groups (broad SMARTS) is 1. The van der Waals surface area contributed by atoms with E-state index in [9.17, 15) is 14.7 Å². The summed E-state index contributed by atoms with van der Waals surface area (Å²) in [5, 5.41) is 23.4. The van der Waals surface area contributed by atoms with E-state index in [2.05, 4.69) is 16.4 Å². The smallest absolute Gasteiger partial charge is 0.402 e. The van der Waals surface area contributed by atoms with Crippen LogP contribution < -0.4 is 16.4 Å². The van der Waals surface area contributed by atoms with Crippen molar-refractivity contribution in [2.75, 3.05) is 26.8 Å². The topological polar surface area (TPSA) is 164 Å². The molecule has 0 spiro atoms. The van der Waals surface area contributed by atoms with Gasteiger partial charge in [-0.25, -0.2) is 4.79 Å². The molecule has 0 saturated carbocycles. The molecule has 5 atom stereocenters. The molecule has 3 heterocycles. The molecule has 29 heavy (non-hydrogen) atoms. The lowest BCUT2D eigenvalue weighted by Gasteiger charge is -2.39. The molecule has 2 saturated heterocycles. The van der Waals surface area contributed by atoms with Gasteiger partial charge in [-0.05, 0) is 13.8 Å². The van der Waals surface area contributed by atoms with Gasteiger partial charge in [0, 0.05) is 42.8 Å².